The standard InChI is InChI=1S/C16H14N4/c1-8-17-10-6-13-2-4-15(19-13)12-16-5-3-14(20-16)7-11-18-9-1/h1-12,19-20H. The average Bonchev–Trinajstić information content (AvgIpc) is 3.06. The molecule has 0 aliphatic rings. The van der Waals surface area contributed by atoms with E-state index in [2.05, 4.69) is 26.0 Å². The molecule has 0 fully saturated rings. The summed E-state index contributed by atoms with van der Waals surface area (Å²) in [6.07, 6.45) is 6.88. The Morgan fingerprint density at radius 2 is 1.05 bits per heavy atom. The van der Waals surface area contributed by atoms with E-state index in [0.717, 1.165) is 22.1 Å². The van der Waals surface area contributed by atoms with E-state index in [1.165, 1.54) is 0 Å². The van der Waals surface area contributed by atoms with Crippen LogP contribution in [0.15, 0.2) is 73.3 Å². The van der Waals surface area contributed by atoms with Crippen LogP contribution in [0.2, 0.25) is 0 Å². The van der Waals surface area contributed by atoms with Crippen LogP contribution in [-0.4, -0.2) is 19.9 Å². The molecular weight excluding hydrogens is 248 g/mol. The van der Waals surface area contributed by atoms with Gasteiger partial charge in [-0.05, 0) is 48.5 Å². The minimum absolute atomic E-state index is 1.01. The third-order valence-electron chi connectivity index (χ3n) is 2.80. The molecule has 3 aromatic heterocycles. The maximum absolute atomic E-state index is 4.13. The second kappa shape index (κ2) is 5.84. The SMILES string of the molecule is c1cnccc2ccc(cc3ccc(ccnc1)[nH]3)[nH]2. The van der Waals surface area contributed by atoms with Crippen molar-refractivity contribution in [3.8, 4) is 0 Å². The van der Waals surface area contributed by atoms with Crippen molar-refractivity contribution in [2.45, 2.75) is 0 Å². The van der Waals surface area contributed by atoms with Crippen molar-refractivity contribution < 1.29 is 0 Å². The van der Waals surface area contributed by atoms with Crippen LogP contribution in [0.1, 0.15) is 0 Å². The predicted molar refractivity (Wildman–Crippen MR) is 81.0 cm³/mol. The molecule has 0 aromatic carbocycles. The number of H-pyrrole nitrogens is 2. The van der Waals surface area contributed by atoms with Gasteiger partial charge in [-0.15, -0.1) is 0 Å². The van der Waals surface area contributed by atoms with E-state index in [-0.39, 0.29) is 0 Å². The van der Waals surface area contributed by atoms with Gasteiger partial charge in [0.15, 0.2) is 0 Å². The Balaban J connectivity index is 2.22. The molecule has 0 aliphatic heterocycles. The molecule has 3 aromatic rings. The largest absolute Gasteiger partial charge is 0.355 e. The minimum Gasteiger partial charge on any atom is -0.355 e. The second-order valence-corrected chi connectivity index (χ2v) is 4.30. The van der Waals surface area contributed by atoms with E-state index >= 15 is 0 Å². The molecule has 0 saturated carbocycles. The number of rotatable bonds is 0. The number of fused-ring (bicyclic) bond motifs is 4. The third-order valence-corrected chi connectivity index (χ3v) is 2.80. The fourth-order valence-corrected chi connectivity index (χ4v) is 1.87. The number of hydrogen-bond donors (Lipinski definition) is 2. The van der Waals surface area contributed by atoms with Gasteiger partial charge in [0.2, 0.25) is 0 Å². The molecule has 0 unspecified atom stereocenters. The zero-order valence-corrected chi connectivity index (χ0v) is 10.8. The molecule has 0 saturated heterocycles. The van der Waals surface area contributed by atoms with Gasteiger partial charge in [0.25, 0.3) is 0 Å². The molecule has 2 N–H and O–H groups in total. The number of nitrogens with one attached hydrogen (secondary N) is 2. The van der Waals surface area contributed by atoms with Gasteiger partial charge in [0.05, 0.1) is 0 Å². The summed E-state index contributed by atoms with van der Waals surface area (Å²) in [6, 6.07) is 15.8. The van der Waals surface area contributed by atoms with E-state index in [0.29, 0.717) is 0 Å². The van der Waals surface area contributed by atoms with E-state index in [9.17, 15) is 0 Å². The summed E-state index contributed by atoms with van der Waals surface area (Å²) in [5.41, 5.74) is 4.12. The molecule has 98 valence electrons. The van der Waals surface area contributed by atoms with E-state index in [4.69, 9.17) is 0 Å². The lowest BCUT2D eigenvalue weighted by Crippen LogP contribution is -1.65. The summed E-state index contributed by atoms with van der Waals surface area (Å²) in [5.74, 6) is 0. The van der Waals surface area contributed by atoms with Gasteiger partial charge in [-0.25, -0.2) is 0 Å². The molecule has 4 bridgehead atoms. The van der Waals surface area contributed by atoms with Gasteiger partial charge in [0.1, 0.15) is 0 Å². The average molecular weight is 262 g/mol. The number of aromatic nitrogens is 4. The van der Waals surface area contributed by atoms with Gasteiger partial charge >= 0.3 is 0 Å². The van der Waals surface area contributed by atoms with Crippen LogP contribution in [0.25, 0.3) is 22.1 Å². The fourth-order valence-electron chi connectivity index (χ4n) is 1.87. The van der Waals surface area contributed by atoms with Crippen LogP contribution in [-0.2, 0) is 0 Å². The normalized spacial score (nSPS) is 10.0. The third kappa shape index (κ3) is 3.11. The Morgan fingerprint density at radius 1 is 0.550 bits per heavy atom. The summed E-state index contributed by atoms with van der Waals surface area (Å²) in [4.78, 5) is 14.9. The van der Waals surface area contributed by atoms with E-state index < -0.39 is 0 Å². The highest BCUT2D eigenvalue weighted by Crippen LogP contribution is 2.07. The summed E-state index contributed by atoms with van der Waals surface area (Å²) in [7, 11) is 0. The molecular formula is C16H14N4. The van der Waals surface area contributed by atoms with Gasteiger partial charge in [0, 0.05) is 46.9 Å². The second-order valence-electron chi connectivity index (χ2n) is 4.30. The first-order valence-electron chi connectivity index (χ1n) is 6.34. The first kappa shape index (κ1) is 12.2. The van der Waals surface area contributed by atoms with Crippen molar-refractivity contribution in [2.24, 2.45) is 0 Å². The van der Waals surface area contributed by atoms with Gasteiger partial charge in [-0.3, -0.25) is 9.97 Å². The molecule has 0 aliphatic carbocycles. The van der Waals surface area contributed by atoms with Gasteiger partial charge in [-0.1, -0.05) is 0 Å². The highest BCUT2D eigenvalue weighted by Gasteiger charge is 1.87. The van der Waals surface area contributed by atoms with Crippen LogP contribution in [0.5, 0.6) is 0 Å². The van der Waals surface area contributed by atoms with Crippen LogP contribution in [0, 0.1) is 0 Å². The highest BCUT2D eigenvalue weighted by atomic mass is 14.7. The molecule has 4 heteroatoms. The predicted octanol–water partition coefficient (Wildman–Crippen LogP) is 3.69. The Hall–Kier alpha value is -2.88. The Kier molecular flexibility index (Phi) is 3.55. The molecule has 20 heavy (non-hydrogen) atoms. The number of hydrogen-bond acceptors (Lipinski definition) is 2. The molecule has 0 radical (unpaired) electrons. The van der Waals surface area contributed by atoms with Crippen molar-refractivity contribution in [1.82, 2.24) is 19.9 Å². The van der Waals surface area contributed by atoms with Crippen molar-refractivity contribution in [1.29, 1.82) is 0 Å². The quantitative estimate of drug-likeness (QED) is 0.649. The number of nitrogens with zero attached hydrogens (tertiary/aromatic N) is 2. The van der Waals surface area contributed by atoms with Crippen molar-refractivity contribution in [3.05, 3.63) is 73.3 Å². The molecule has 0 spiro atoms. The first-order chi connectivity index (χ1) is 9.90. The van der Waals surface area contributed by atoms with Crippen molar-refractivity contribution >= 4 is 22.1 Å². The van der Waals surface area contributed by atoms with Crippen molar-refractivity contribution in [3.63, 3.8) is 0 Å². The highest BCUT2D eigenvalue weighted by molar-refractivity contribution is 5.67. The zero-order valence-electron chi connectivity index (χ0n) is 10.8. The Morgan fingerprint density at radius 3 is 1.60 bits per heavy atom. The van der Waals surface area contributed by atoms with Gasteiger partial charge in [-0.2, -0.15) is 0 Å². The maximum atomic E-state index is 4.13. The van der Waals surface area contributed by atoms with Crippen LogP contribution in [0.4, 0.5) is 0 Å². The van der Waals surface area contributed by atoms with Crippen LogP contribution >= 0.6 is 0 Å². The molecule has 0 amide bonds. The van der Waals surface area contributed by atoms with Crippen LogP contribution < -0.4 is 0 Å². The molecule has 3 heterocycles. The van der Waals surface area contributed by atoms with Gasteiger partial charge < -0.3 is 9.97 Å². The smallest absolute Gasteiger partial charge is 0.0405 e. The monoisotopic (exact) mass is 262 g/mol. The summed E-state index contributed by atoms with van der Waals surface area (Å²) < 4.78 is 0. The topological polar surface area (TPSA) is 57.4 Å². The lowest BCUT2D eigenvalue weighted by atomic mass is 10.4. The lowest BCUT2D eigenvalue weighted by Gasteiger charge is -1.80. The molecule has 4 nitrogen and oxygen atoms in total. The van der Waals surface area contributed by atoms with Crippen LogP contribution in [0.3, 0.4) is 0 Å². The lowest BCUT2D eigenvalue weighted by molar-refractivity contribution is 1.31. The molecule has 3 rings (SSSR count). The number of aromatic amines is 2. The van der Waals surface area contributed by atoms with E-state index in [1.807, 2.05) is 36.4 Å². The maximum Gasteiger partial charge on any atom is 0.0405 e. The summed E-state index contributed by atoms with van der Waals surface area (Å²) in [6.45, 7) is 0. The van der Waals surface area contributed by atoms with E-state index in [1.54, 1.807) is 30.9 Å². The summed E-state index contributed by atoms with van der Waals surface area (Å²) in [5, 5.41) is 0. The summed E-state index contributed by atoms with van der Waals surface area (Å²) >= 11 is 0. The minimum atomic E-state index is 1.01. The Bertz CT molecular complexity index is 763. The first-order valence-corrected chi connectivity index (χ1v) is 6.34. The Labute approximate surface area is 116 Å². The zero-order chi connectivity index (χ0) is 13.6. The fraction of sp³-hybridized carbons (Fsp3) is 0. The molecule has 0 atom stereocenters. The van der Waals surface area contributed by atoms with Crippen molar-refractivity contribution in [2.75, 3.05) is 0 Å².